The fraction of sp³-hybridized carbons (Fsp3) is 0.300. The predicted octanol–water partition coefficient (Wildman–Crippen LogP) is 2.63. The molecule has 0 radical (unpaired) electrons. The molecule has 0 saturated carbocycles. The summed E-state index contributed by atoms with van der Waals surface area (Å²) in [4.78, 5) is 20.5. The molecule has 1 heterocycles. The van der Waals surface area contributed by atoms with Crippen LogP contribution in [0.15, 0.2) is 42.5 Å². The molecule has 0 unspecified atom stereocenters. The van der Waals surface area contributed by atoms with Crippen LogP contribution in [0.2, 0.25) is 0 Å². The highest BCUT2D eigenvalue weighted by molar-refractivity contribution is 7.22. The molecule has 1 aromatic heterocycles. The number of carbonyl (C=O) groups excluding carboxylic acids is 1. The minimum Gasteiger partial charge on any atom is -0.494 e. The minimum absolute atomic E-state index is 0.250. The van der Waals surface area contributed by atoms with Gasteiger partial charge in [0.2, 0.25) is 0 Å². The number of fused-ring (bicyclic) bond motifs is 1. The van der Waals surface area contributed by atoms with E-state index in [1.54, 1.807) is 17.0 Å². The van der Waals surface area contributed by atoms with E-state index in [9.17, 15) is 9.18 Å². The normalized spacial score (nSPS) is 11.1. The molecule has 0 aliphatic rings. The van der Waals surface area contributed by atoms with Gasteiger partial charge in [0, 0.05) is 5.56 Å². The fourth-order valence-corrected chi connectivity index (χ4v) is 3.68. The smallest absolute Gasteiger partial charge is 0.260 e. The van der Waals surface area contributed by atoms with Crippen molar-refractivity contribution < 1.29 is 18.8 Å². The number of carbonyl (C=O) groups is 1. The highest BCUT2D eigenvalue weighted by Crippen LogP contribution is 2.32. The lowest BCUT2D eigenvalue weighted by Crippen LogP contribution is -3.06. The second-order valence-electron chi connectivity index (χ2n) is 6.48. The van der Waals surface area contributed by atoms with Gasteiger partial charge < -0.3 is 9.64 Å². The Morgan fingerprint density at radius 3 is 2.78 bits per heavy atom. The Kier molecular flexibility index (Phi) is 6.03. The van der Waals surface area contributed by atoms with Crippen LogP contribution in [-0.2, 0) is 0 Å². The number of nitrogens with one attached hydrogen (secondary N) is 1. The number of benzene rings is 2. The number of halogens is 1. The summed E-state index contributed by atoms with van der Waals surface area (Å²) in [6.07, 6.45) is 0. The first-order valence-electron chi connectivity index (χ1n) is 8.87. The number of quaternary nitrogens is 1. The number of hydrogen-bond donors (Lipinski definition) is 1. The second kappa shape index (κ2) is 8.45. The molecular weight excluding hydrogens is 365 g/mol. The van der Waals surface area contributed by atoms with Crippen molar-refractivity contribution in [3.8, 4) is 5.75 Å². The molecule has 0 fully saturated rings. The third kappa shape index (κ3) is 4.61. The number of ether oxygens (including phenoxy) is 1. The first-order chi connectivity index (χ1) is 13.0. The monoisotopic (exact) mass is 388 g/mol. The van der Waals surface area contributed by atoms with E-state index in [0.29, 0.717) is 23.8 Å². The number of thiazole rings is 1. The number of amides is 1. The van der Waals surface area contributed by atoms with Gasteiger partial charge >= 0.3 is 0 Å². The Morgan fingerprint density at radius 2 is 2.07 bits per heavy atom. The van der Waals surface area contributed by atoms with Crippen LogP contribution in [0, 0.1) is 5.82 Å². The van der Waals surface area contributed by atoms with Crippen molar-refractivity contribution in [2.45, 2.75) is 6.92 Å². The topological polar surface area (TPSA) is 46.9 Å². The zero-order valence-corrected chi connectivity index (χ0v) is 16.5. The maximum absolute atomic E-state index is 13.6. The van der Waals surface area contributed by atoms with Gasteiger partial charge in [0.1, 0.15) is 11.6 Å². The molecule has 142 valence electrons. The number of likely N-dealkylation sites (N-methyl/N-ethyl adjacent to an activating group) is 1. The van der Waals surface area contributed by atoms with E-state index in [4.69, 9.17) is 4.74 Å². The fourth-order valence-electron chi connectivity index (χ4n) is 2.66. The summed E-state index contributed by atoms with van der Waals surface area (Å²) in [6, 6.07) is 11.5. The van der Waals surface area contributed by atoms with Crippen molar-refractivity contribution >= 4 is 32.6 Å². The van der Waals surface area contributed by atoms with Crippen LogP contribution >= 0.6 is 11.3 Å². The van der Waals surface area contributed by atoms with E-state index in [0.717, 1.165) is 22.5 Å². The SMILES string of the molecule is CCOc1ccc2nc(N(CC[NH+](C)C)C(=O)c3cccc(F)c3)sc2c1. The standard InChI is InChI=1S/C20H22FN3O2S/c1-4-26-16-8-9-17-18(13-16)27-20(22-17)24(11-10-23(2)3)19(25)14-6-5-7-15(21)12-14/h5-9,12-13H,4,10-11H2,1-3H3/p+1. The van der Waals surface area contributed by atoms with Crippen LogP contribution in [0.4, 0.5) is 9.52 Å². The number of aromatic nitrogens is 1. The third-order valence-corrected chi connectivity index (χ3v) is 5.08. The Labute approximate surface area is 162 Å². The molecule has 2 aromatic carbocycles. The van der Waals surface area contributed by atoms with Gasteiger partial charge in [-0.3, -0.25) is 9.69 Å². The molecule has 5 nitrogen and oxygen atoms in total. The van der Waals surface area contributed by atoms with Crippen molar-refractivity contribution in [1.82, 2.24) is 4.98 Å². The van der Waals surface area contributed by atoms with Gasteiger partial charge in [0.05, 0.1) is 44.0 Å². The van der Waals surface area contributed by atoms with Gasteiger partial charge in [0.15, 0.2) is 5.13 Å². The van der Waals surface area contributed by atoms with E-state index < -0.39 is 5.82 Å². The largest absolute Gasteiger partial charge is 0.494 e. The quantitative estimate of drug-likeness (QED) is 0.677. The van der Waals surface area contributed by atoms with Gasteiger partial charge in [-0.15, -0.1) is 0 Å². The highest BCUT2D eigenvalue weighted by atomic mass is 32.1. The van der Waals surface area contributed by atoms with Crippen LogP contribution < -0.4 is 14.5 Å². The van der Waals surface area contributed by atoms with Crippen molar-refractivity contribution in [3.63, 3.8) is 0 Å². The van der Waals surface area contributed by atoms with Crippen LogP contribution in [0.1, 0.15) is 17.3 Å². The summed E-state index contributed by atoms with van der Waals surface area (Å²) >= 11 is 1.44. The Balaban J connectivity index is 1.96. The zero-order chi connectivity index (χ0) is 19.4. The highest BCUT2D eigenvalue weighted by Gasteiger charge is 2.22. The third-order valence-electron chi connectivity index (χ3n) is 4.04. The number of nitrogens with zero attached hydrogens (tertiary/aromatic N) is 2. The average molecular weight is 388 g/mol. The first-order valence-corrected chi connectivity index (χ1v) is 9.69. The van der Waals surface area contributed by atoms with Crippen molar-refractivity contribution in [2.75, 3.05) is 38.7 Å². The van der Waals surface area contributed by atoms with Gasteiger partial charge in [-0.05, 0) is 43.3 Å². The summed E-state index contributed by atoms with van der Waals surface area (Å²) in [5, 5.41) is 0.606. The molecule has 0 atom stereocenters. The van der Waals surface area contributed by atoms with E-state index in [-0.39, 0.29) is 5.91 Å². The molecular formula is C20H23FN3O2S+. The van der Waals surface area contributed by atoms with Crippen molar-refractivity contribution in [3.05, 3.63) is 53.8 Å². The summed E-state index contributed by atoms with van der Waals surface area (Å²) in [6.45, 7) is 3.77. The summed E-state index contributed by atoms with van der Waals surface area (Å²) in [7, 11) is 4.05. The van der Waals surface area contributed by atoms with Crippen LogP contribution in [-0.4, -0.2) is 44.7 Å². The average Bonchev–Trinajstić information content (AvgIpc) is 3.04. The van der Waals surface area contributed by atoms with Crippen LogP contribution in [0.5, 0.6) is 5.75 Å². The molecule has 1 amide bonds. The van der Waals surface area contributed by atoms with Gasteiger partial charge in [-0.25, -0.2) is 9.37 Å². The molecule has 0 aliphatic heterocycles. The Morgan fingerprint density at radius 1 is 1.26 bits per heavy atom. The molecule has 0 bridgehead atoms. The Hall–Kier alpha value is -2.51. The number of anilines is 1. The van der Waals surface area contributed by atoms with Gasteiger partial charge in [-0.2, -0.15) is 0 Å². The van der Waals surface area contributed by atoms with E-state index in [1.807, 2.05) is 39.2 Å². The van der Waals surface area contributed by atoms with Gasteiger partial charge in [-0.1, -0.05) is 17.4 Å². The molecule has 3 aromatic rings. The maximum atomic E-state index is 13.6. The molecule has 0 saturated heterocycles. The van der Waals surface area contributed by atoms with Crippen molar-refractivity contribution in [2.24, 2.45) is 0 Å². The van der Waals surface area contributed by atoms with Crippen LogP contribution in [0.3, 0.4) is 0 Å². The lowest BCUT2D eigenvalue weighted by Gasteiger charge is -2.20. The van der Waals surface area contributed by atoms with Crippen molar-refractivity contribution in [1.29, 1.82) is 0 Å². The first kappa shape index (κ1) is 19.3. The van der Waals surface area contributed by atoms with Gasteiger partial charge in [0.25, 0.3) is 5.91 Å². The predicted molar refractivity (Wildman–Crippen MR) is 107 cm³/mol. The molecule has 0 spiro atoms. The van der Waals surface area contributed by atoms with E-state index >= 15 is 0 Å². The number of rotatable bonds is 7. The summed E-state index contributed by atoms with van der Waals surface area (Å²) in [5.41, 5.74) is 1.13. The minimum atomic E-state index is -0.426. The lowest BCUT2D eigenvalue weighted by atomic mass is 10.2. The summed E-state index contributed by atoms with van der Waals surface area (Å²) in [5.74, 6) is 0.102. The molecule has 3 rings (SSSR count). The molecule has 0 aliphatic carbocycles. The second-order valence-corrected chi connectivity index (χ2v) is 7.49. The van der Waals surface area contributed by atoms with E-state index in [1.165, 1.54) is 28.4 Å². The van der Waals surface area contributed by atoms with Crippen LogP contribution in [0.25, 0.3) is 10.2 Å². The number of hydrogen-bond acceptors (Lipinski definition) is 4. The Bertz CT molecular complexity index is 942. The van der Waals surface area contributed by atoms with E-state index in [2.05, 4.69) is 4.98 Å². The molecule has 7 heteroatoms. The maximum Gasteiger partial charge on any atom is 0.260 e. The lowest BCUT2D eigenvalue weighted by molar-refractivity contribution is -0.856. The zero-order valence-electron chi connectivity index (χ0n) is 15.7. The molecule has 27 heavy (non-hydrogen) atoms. The molecule has 1 N–H and O–H groups in total. The summed E-state index contributed by atoms with van der Waals surface area (Å²) < 4.78 is 20.1.